The number of hydrogen-bond acceptors (Lipinski definition) is 9. The normalized spacial score (nSPS) is 17.1. The summed E-state index contributed by atoms with van der Waals surface area (Å²) in [5.74, 6) is 1.84. The van der Waals surface area contributed by atoms with E-state index in [4.69, 9.17) is 4.74 Å². The van der Waals surface area contributed by atoms with Gasteiger partial charge in [-0.15, -0.1) is 0 Å². The number of imidazole rings is 1. The standard InChI is InChI=1S/C19H23N9O2/c1-5-14-9-30-19(29)28(14)18-25-13(4)24-17(26-18)23-12(3)15-8-27(10-22-15)16-7-20-11(2)6-21-16/h6-8,10,12,14H,5,9H2,1-4H3,(H,23,24,25,26)/t12-,14-/m0/s1. The summed E-state index contributed by atoms with van der Waals surface area (Å²) in [7, 11) is 0. The summed E-state index contributed by atoms with van der Waals surface area (Å²) in [6.45, 7) is 7.92. The highest BCUT2D eigenvalue weighted by Crippen LogP contribution is 2.23. The lowest BCUT2D eigenvalue weighted by Gasteiger charge is -2.19. The minimum atomic E-state index is -0.440. The van der Waals surface area contributed by atoms with Crippen LogP contribution in [-0.4, -0.2) is 53.2 Å². The van der Waals surface area contributed by atoms with Crippen LogP contribution in [0.1, 0.15) is 43.5 Å². The highest BCUT2D eigenvalue weighted by atomic mass is 16.6. The maximum Gasteiger partial charge on any atom is 0.417 e. The Hall–Kier alpha value is -3.63. The second-order valence-electron chi connectivity index (χ2n) is 7.10. The van der Waals surface area contributed by atoms with Crippen LogP contribution in [0.5, 0.6) is 0 Å². The average Bonchev–Trinajstić information content (AvgIpc) is 3.35. The summed E-state index contributed by atoms with van der Waals surface area (Å²) in [5.41, 5.74) is 1.63. The molecule has 11 nitrogen and oxygen atoms in total. The van der Waals surface area contributed by atoms with Crippen molar-refractivity contribution >= 4 is 18.0 Å². The zero-order chi connectivity index (χ0) is 21.3. The van der Waals surface area contributed by atoms with Gasteiger partial charge in [0.2, 0.25) is 11.9 Å². The van der Waals surface area contributed by atoms with Crippen molar-refractivity contribution in [1.82, 2.24) is 34.5 Å². The van der Waals surface area contributed by atoms with Crippen molar-refractivity contribution in [3.63, 3.8) is 0 Å². The van der Waals surface area contributed by atoms with Gasteiger partial charge in [0.05, 0.1) is 35.9 Å². The number of hydrogen-bond donors (Lipinski definition) is 1. The molecule has 1 aliphatic heterocycles. The van der Waals surface area contributed by atoms with Crippen LogP contribution in [0.25, 0.3) is 5.82 Å². The zero-order valence-electron chi connectivity index (χ0n) is 17.3. The van der Waals surface area contributed by atoms with Crippen molar-refractivity contribution in [3.05, 3.63) is 42.1 Å². The fourth-order valence-electron chi connectivity index (χ4n) is 3.12. The van der Waals surface area contributed by atoms with Gasteiger partial charge in [0, 0.05) is 6.20 Å². The number of nitrogens with one attached hydrogen (secondary N) is 1. The van der Waals surface area contributed by atoms with Crippen LogP contribution in [-0.2, 0) is 4.74 Å². The van der Waals surface area contributed by atoms with E-state index in [0.717, 1.165) is 17.8 Å². The van der Waals surface area contributed by atoms with Crippen molar-refractivity contribution in [2.24, 2.45) is 0 Å². The van der Waals surface area contributed by atoms with E-state index in [9.17, 15) is 4.79 Å². The van der Waals surface area contributed by atoms with Gasteiger partial charge in [-0.05, 0) is 27.2 Å². The number of aryl methyl sites for hydroxylation is 2. The van der Waals surface area contributed by atoms with Gasteiger partial charge >= 0.3 is 6.09 Å². The minimum Gasteiger partial charge on any atom is -0.447 e. The van der Waals surface area contributed by atoms with Crippen molar-refractivity contribution in [2.75, 3.05) is 16.8 Å². The van der Waals surface area contributed by atoms with E-state index >= 15 is 0 Å². The quantitative estimate of drug-likeness (QED) is 0.653. The molecule has 30 heavy (non-hydrogen) atoms. The van der Waals surface area contributed by atoms with Crippen LogP contribution in [0.3, 0.4) is 0 Å². The maximum atomic E-state index is 12.1. The van der Waals surface area contributed by atoms with Gasteiger partial charge in [-0.2, -0.15) is 15.0 Å². The van der Waals surface area contributed by atoms with E-state index in [1.165, 1.54) is 4.90 Å². The number of cyclic esters (lactones) is 1. The third-order valence-corrected chi connectivity index (χ3v) is 4.81. The molecule has 0 spiro atoms. The summed E-state index contributed by atoms with van der Waals surface area (Å²) in [6.07, 6.45) is 7.26. The highest BCUT2D eigenvalue weighted by Gasteiger charge is 2.35. The number of rotatable bonds is 6. The predicted octanol–water partition coefficient (Wildman–Crippen LogP) is 2.37. The van der Waals surface area contributed by atoms with Gasteiger partial charge < -0.3 is 10.1 Å². The number of nitrogens with zero attached hydrogens (tertiary/aromatic N) is 8. The number of ether oxygens (including phenoxy) is 1. The van der Waals surface area contributed by atoms with Crippen molar-refractivity contribution in [1.29, 1.82) is 0 Å². The summed E-state index contributed by atoms with van der Waals surface area (Å²) < 4.78 is 6.95. The first-order valence-corrected chi connectivity index (χ1v) is 9.72. The lowest BCUT2D eigenvalue weighted by atomic mass is 10.2. The molecule has 1 aliphatic rings. The molecule has 2 atom stereocenters. The first kappa shape index (κ1) is 19.7. The van der Waals surface area contributed by atoms with Gasteiger partial charge in [-0.1, -0.05) is 6.92 Å². The van der Waals surface area contributed by atoms with E-state index in [2.05, 4.69) is 35.2 Å². The SMILES string of the molecule is CC[C@H]1COC(=O)N1c1nc(C)nc(N[C@@H](C)c2cn(-c3cnc(C)cn3)cn2)n1. The molecule has 0 aliphatic carbocycles. The largest absolute Gasteiger partial charge is 0.447 e. The van der Waals surface area contributed by atoms with Crippen LogP contribution in [0.15, 0.2) is 24.9 Å². The summed E-state index contributed by atoms with van der Waals surface area (Å²) in [4.78, 5) is 39.8. The smallest absolute Gasteiger partial charge is 0.417 e. The topological polar surface area (TPSA) is 124 Å². The molecule has 1 fully saturated rings. The molecular weight excluding hydrogens is 386 g/mol. The van der Waals surface area contributed by atoms with Gasteiger partial charge in [0.15, 0.2) is 5.82 Å². The van der Waals surface area contributed by atoms with E-state index in [-0.39, 0.29) is 18.0 Å². The van der Waals surface area contributed by atoms with Gasteiger partial charge in [-0.3, -0.25) is 9.55 Å². The van der Waals surface area contributed by atoms with Crippen LogP contribution in [0.2, 0.25) is 0 Å². The Bertz CT molecular complexity index is 1050. The Labute approximate surface area is 173 Å². The molecule has 11 heteroatoms. The van der Waals surface area contributed by atoms with Crippen LogP contribution in [0, 0.1) is 13.8 Å². The molecule has 0 saturated carbocycles. The van der Waals surface area contributed by atoms with Crippen LogP contribution < -0.4 is 10.2 Å². The highest BCUT2D eigenvalue weighted by molar-refractivity contribution is 5.88. The number of carbonyl (C=O) groups is 1. The fraction of sp³-hybridized carbons (Fsp3) is 0.421. The third kappa shape index (κ3) is 3.91. The second kappa shape index (κ2) is 8.01. The molecule has 1 saturated heterocycles. The lowest BCUT2D eigenvalue weighted by molar-refractivity contribution is 0.178. The first-order chi connectivity index (χ1) is 14.4. The zero-order valence-corrected chi connectivity index (χ0v) is 17.3. The third-order valence-electron chi connectivity index (χ3n) is 4.81. The van der Waals surface area contributed by atoms with Crippen LogP contribution in [0.4, 0.5) is 16.7 Å². The number of aromatic nitrogens is 7. The number of carbonyl (C=O) groups excluding carboxylic acids is 1. The monoisotopic (exact) mass is 409 g/mol. The van der Waals surface area contributed by atoms with Gasteiger partial charge in [0.1, 0.15) is 18.8 Å². The molecule has 0 aromatic carbocycles. The molecule has 156 valence electrons. The Balaban J connectivity index is 1.54. The van der Waals surface area contributed by atoms with Crippen molar-refractivity contribution in [2.45, 2.75) is 46.2 Å². The fourth-order valence-corrected chi connectivity index (χ4v) is 3.12. The first-order valence-electron chi connectivity index (χ1n) is 9.72. The Kier molecular flexibility index (Phi) is 5.25. The molecule has 0 radical (unpaired) electrons. The van der Waals surface area contributed by atoms with E-state index in [0.29, 0.717) is 24.2 Å². The second-order valence-corrected chi connectivity index (χ2v) is 7.10. The molecule has 1 amide bonds. The van der Waals surface area contributed by atoms with Crippen molar-refractivity contribution in [3.8, 4) is 5.82 Å². The molecular formula is C19H23N9O2. The van der Waals surface area contributed by atoms with Crippen molar-refractivity contribution < 1.29 is 9.53 Å². The van der Waals surface area contributed by atoms with Gasteiger partial charge in [0.25, 0.3) is 0 Å². The molecule has 0 unspecified atom stereocenters. The Morgan fingerprint density at radius 1 is 1.20 bits per heavy atom. The molecule has 3 aromatic heterocycles. The average molecular weight is 409 g/mol. The molecule has 3 aromatic rings. The predicted molar refractivity (Wildman–Crippen MR) is 108 cm³/mol. The number of amides is 1. The molecule has 0 bridgehead atoms. The van der Waals surface area contributed by atoms with Crippen LogP contribution >= 0.6 is 0 Å². The van der Waals surface area contributed by atoms with Gasteiger partial charge in [-0.25, -0.2) is 19.7 Å². The number of anilines is 2. The minimum absolute atomic E-state index is 0.0871. The summed E-state index contributed by atoms with van der Waals surface area (Å²) >= 11 is 0. The lowest BCUT2D eigenvalue weighted by Crippen LogP contribution is -2.34. The molecule has 4 heterocycles. The van der Waals surface area contributed by atoms with E-state index in [1.54, 1.807) is 30.2 Å². The summed E-state index contributed by atoms with van der Waals surface area (Å²) in [6, 6.07) is -0.275. The Morgan fingerprint density at radius 2 is 2.03 bits per heavy atom. The molecule has 1 N–H and O–H groups in total. The molecule has 4 rings (SSSR count). The van der Waals surface area contributed by atoms with E-state index < -0.39 is 6.09 Å². The maximum absolute atomic E-state index is 12.1. The van der Waals surface area contributed by atoms with E-state index in [1.807, 2.05) is 27.0 Å². The summed E-state index contributed by atoms with van der Waals surface area (Å²) in [5, 5.41) is 3.23. The Morgan fingerprint density at radius 3 is 2.77 bits per heavy atom.